The molecule has 2 aromatic rings. The number of aliphatic hydroxyl groups is 1. The zero-order valence-corrected chi connectivity index (χ0v) is 17.2. The number of benzene rings is 1. The lowest BCUT2D eigenvalue weighted by atomic mass is 9.65. The van der Waals surface area contributed by atoms with Crippen molar-refractivity contribution in [2.75, 3.05) is 26.8 Å². The normalized spacial score (nSPS) is 31.4. The Labute approximate surface area is 162 Å². The van der Waals surface area contributed by atoms with Crippen molar-refractivity contribution in [1.29, 1.82) is 0 Å². The first kappa shape index (κ1) is 18.8. The molecule has 0 saturated carbocycles. The fourth-order valence-corrected chi connectivity index (χ4v) is 5.75. The Bertz CT molecular complexity index is 814. The van der Waals surface area contributed by atoms with Crippen LogP contribution in [0.15, 0.2) is 18.2 Å². The van der Waals surface area contributed by atoms with Gasteiger partial charge in [-0.05, 0) is 55.4 Å². The van der Waals surface area contributed by atoms with Gasteiger partial charge in [-0.3, -0.25) is 4.90 Å². The standard InChI is InChI=1S/C23H34N2O2/c1-5-6-15(2)17-12-23(14-26)16(3)25(13-17)10-9-19-20-11-18(27-4)7-8-21(20)24-22(19)23/h7-8,11,15-17,24,26H,5-6,9-10,12-14H2,1-4H3. The summed E-state index contributed by atoms with van der Waals surface area (Å²) in [4.78, 5) is 6.37. The first-order valence-corrected chi connectivity index (χ1v) is 10.6. The second-order valence-corrected chi connectivity index (χ2v) is 8.86. The van der Waals surface area contributed by atoms with Gasteiger partial charge in [-0.15, -0.1) is 0 Å². The summed E-state index contributed by atoms with van der Waals surface area (Å²) in [5.41, 5.74) is 3.62. The molecular weight excluding hydrogens is 336 g/mol. The third-order valence-corrected chi connectivity index (χ3v) is 7.53. The molecule has 0 radical (unpaired) electrons. The van der Waals surface area contributed by atoms with Gasteiger partial charge >= 0.3 is 0 Å². The maximum absolute atomic E-state index is 10.7. The van der Waals surface area contributed by atoms with Crippen LogP contribution in [0.1, 0.15) is 51.3 Å². The molecule has 5 unspecified atom stereocenters. The molecule has 2 aliphatic heterocycles. The number of aromatic nitrogens is 1. The van der Waals surface area contributed by atoms with Crippen LogP contribution >= 0.6 is 0 Å². The van der Waals surface area contributed by atoms with Gasteiger partial charge in [-0.2, -0.15) is 0 Å². The first-order chi connectivity index (χ1) is 13.0. The number of rotatable bonds is 5. The fraction of sp³-hybridized carbons (Fsp3) is 0.652. The molecule has 4 rings (SSSR count). The van der Waals surface area contributed by atoms with E-state index in [1.165, 1.54) is 29.5 Å². The third kappa shape index (κ3) is 2.89. The highest BCUT2D eigenvalue weighted by Crippen LogP contribution is 2.48. The number of aromatic amines is 1. The minimum absolute atomic E-state index is 0.205. The maximum Gasteiger partial charge on any atom is 0.119 e. The lowest BCUT2D eigenvalue weighted by Gasteiger charge is -2.51. The third-order valence-electron chi connectivity index (χ3n) is 7.53. The summed E-state index contributed by atoms with van der Waals surface area (Å²) in [6, 6.07) is 6.65. The van der Waals surface area contributed by atoms with Gasteiger partial charge in [0.1, 0.15) is 5.75 Å². The van der Waals surface area contributed by atoms with Crippen molar-refractivity contribution in [3.8, 4) is 5.75 Å². The van der Waals surface area contributed by atoms with Crippen LogP contribution in [0.3, 0.4) is 0 Å². The maximum atomic E-state index is 10.7. The second-order valence-electron chi connectivity index (χ2n) is 8.86. The molecule has 1 saturated heterocycles. The minimum atomic E-state index is -0.205. The molecule has 1 aromatic heterocycles. The molecule has 1 fully saturated rings. The first-order valence-electron chi connectivity index (χ1n) is 10.6. The van der Waals surface area contributed by atoms with Crippen LogP contribution in [0.25, 0.3) is 10.9 Å². The van der Waals surface area contributed by atoms with Gasteiger partial charge in [0.05, 0.1) is 13.7 Å². The molecule has 2 bridgehead atoms. The number of methoxy groups -OCH3 is 1. The molecule has 4 nitrogen and oxygen atoms in total. The summed E-state index contributed by atoms with van der Waals surface area (Å²) in [5.74, 6) is 2.24. The van der Waals surface area contributed by atoms with Crippen LogP contribution in [-0.2, 0) is 11.8 Å². The summed E-state index contributed by atoms with van der Waals surface area (Å²) in [5, 5.41) is 12.0. The Morgan fingerprint density at radius 1 is 1.41 bits per heavy atom. The zero-order valence-electron chi connectivity index (χ0n) is 17.2. The number of fused-ring (bicyclic) bond motifs is 6. The molecule has 3 heterocycles. The van der Waals surface area contributed by atoms with E-state index in [0.29, 0.717) is 17.9 Å². The number of aliphatic hydroxyl groups excluding tert-OH is 1. The van der Waals surface area contributed by atoms with Gasteiger partial charge in [0.2, 0.25) is 0 Å². The van der Waals surface area contributed by atoms with Crippen LogP contribution < -0.4 is 4.74 Å². The summed E-state index contributed by atoms with van der Waals surface area (Å²) >= 11 is 0. The van der Waals surface area contributed by atoms with E-state index in [9.17, 15) is 5.11 Å². The molecule has 0 spiro atoms. The van der Waals surface area contributed by atoms with E-state index in [2.05, 4.69) is 42.8 Å². The predicted octanol–water partition coefficient (Wildman–Crippen LogP) is 4.11. The largest absolute Gasteiger partial charge is 0.497 e. The van der Waals surface area contributed by atoms with Crippen molar-refractivity contribution >= 4 is 10.9 Å². The molecule has 0 amide bonds. The van der Waals surface area contributed by atoms with Crippen molar-refractivity contribution in [2.24, 2.45) is 11.8 Å². The van der Waals surface area contributed by atoms with Gasteiger partial charge in [0.25, 0.3) is 0 Å². The van der Waals surface area contributed by atoms with Crippen molar-refractivity contribution in [3.63, 3.8) is 0 Å². The molecule has 5 atom stereocenters. The van der Waals surface area contributed by atoms with Gasteiger partial charge in [0, 0.05) is 41.1 Å². The molecule has 27 heavy (non-hydrogen) atoms. The van der Waals surface area contributed by atoms with E-state index in [4.69, 9.17) is 4.74 Å². The van der Waals surface area contributed by atoms with Gasteiger partial charge in [-0.1, -0.05) is 26.7 Å². The number of hydrogen-bond donors (Lipinski definition) is 2. The molecule has 4 heteroatoms. The van der Waals surface area contributed by atoms with Crippen LogP contribution in [0.5, 0.6) is 5.75 Å². The van der Waals surface area contributed by atoms with E-state index in [-0.39, 0.29) is 12.0 Å². The van der Waals surface area contributed by atoms with E-state index in [1.54, 1.807) is 7.11 Å². The summed E-state index contributed by atoms with van der Waals surface area (Å²) in [7, 11) is 1.72. The highest BCUT2D eigenvalue weighted by molar-refractivity contribution is 5.86. The summed E-state index contributed by atoms with van der Waals surface area (Å²) in [6.07, 6.45) is 4.60. The highest BCUT2D eigenvalue weighted by Gasteiger charge is 2.50. The lowest BCUT2D eigenvalue weighted by Crippen LogP contribution is -2.58. The monoisotopic (exact) mass is 370 g/mol. The van der Waals surface area contributed by atoms with Crippen LogP contribution in [-0.4, -0.2) is 47.8 Å². The molecule has 148 valence electrons. The van der Waals surface area contributed by atoms with Crippen molar-refractivity contribution in [2.45, 2.75) is 57.9 Å². The van der Waals surface area contributed by atoms with Gasteiger partial charge in [-0.25, -0.2) is 0 Å². The van der Waals surface area contributed by atoms with Gasteiger partial charge in [0.15, 0.2) is 0 Å². The van der Waals surface area contributed by atoms with E-state index in [0.717, 1.165) is 37.2 Å². The van der Waals surface area contributed by atoms with E-state index in [1.807, 2.05) is 6.07 Å². The SMILES string of the molecule is CCCC(C)C1CN2CCc3c([nH]c4ccc(OC)cc34)C(CO)(C1)C2C. The predicted molar refractivity (Wildman–Crippen MR) is 111 cm³/mol. The number of piperidine rings is 1. The number of nitrogens with one attached hydrogen (secondary N) is 1. The summed E-state index contributed by atoms with van der Waals surface area (Å²) < 4.78 is 5.47. The van der Waals surface area contributed by atoms with Crippen LogP contribution in [0.2, 0.25) is 0 Å². The molecule has 0 aliphatic carbocycles. The highest BCUT2D eigenvalue weighted by atomic mass is 16.5. The summed E-state index contributed by atoms with van der Waals surface area (Å²) in [6.45, 7) is 9.43. The van der Waals surface area contributed by atoms with Crippen molar-refractivity contribution in [1.82, 2.24) is 9.88 Å². The Hall–Kier alpha value is -1.52. The molecule has 2 N–H and O–H groups in total. The zero-order chi connectivity index (χ0) is 19.2. The van der Waals surface area contributed by atoms with Crippen molar-refractivity contribution in [3.05, 3.63) is 29.5 Å². The average molecular weight is 371 g/mol. The number of ether oxygens (including phenoxy) is 1. The average Bonchev–Trinajstić information content (AvgIpc) is 3.03. The lowest BCUT2D eigenvalue weighted by molar-refractivity contribution is -0.00408. The molecular formula is C23H34N2O2. The van der Waals surface area contributed by atoms with E-state index < -0.39 is 0 Å². The Morgan fingerprint density at radius 3 is 2.93 bits per heavy atom. The Balaban J connectivity index is 1.84. The quantitative estimate of drug-likeness (QED) is 0.833. The van der Waals surface area contributed by atoms with Crippen molar-refractivity contribution < 1.29 is 9.84 Å². The number of nitrogens with zero attached hydrogens (tertiary/aromatic N) is 1. The van der Waals surface area contributed by atoms with Crippen LogP contribution in [0.4, 0.5) is 0 Å². The molecule has 1 aromatic carbocycles. The fourth-order valence-electron chi connectivity index (χ4n) is 5.75. The van der Waals surface area contributed by atoms with Crippen LogP contribution in [0, 0.1) is 11.8 Å². The molecule has 2 aliphatic rings. The minimum Gasteiger partial charge on any atom is -0.497 e. The second kappa shape index (κ2) is 7.14. The topological polar surface area (TPSA) is 48.5 Å². The Morgan fingerprint density at radius 2 is 2.22 bits per heavy atom. The van der Waals surface area contributed by atoms with Gasteiger partial charge < -0.3 is 14.8 Å². The Kier molecular flexibility index (Phi) is 4.98. The number of H-pyrrole nitrogens is 1. The number of hydrogen-bond acceptors (Lipinski definition) is 3. The smallest absolute Gasteiger partial charge is 0.119 e. The van der Waals surface area contributed by atoms with E-state index >= 15 is 0 Å².